The topological polar surface area (TPSA) is 38.1 Å². The number of rotatable bonds is 3. The Kier molecular flexibility index (Phi) is 4.34. The van der Waals surface area contributed by atoms with Gasteiger partial charge in [-0.3, -0.25) is 0 Å². The van der Waals surface area contributed by atoms with Crippen molar-refractivity contribution in [2.45, 2.75) is 30.4 Å². The Balaban J connectivity index is 1.84. The highest BCUT2D eigenvalue weighted by molar-refractivity contribution is 7.98. The largest absolute Gasteiger partial charge is 0.361 e. The monoisotopic (exact) mass is 308 g/mol. The van der Waals surface area contributed by atoms with Gasteiger partial charge in [-0.25, -0.2) is 0 Å². The third-order valence-corrected chi connectivity index (χ3v) is 5.10. The first-order valence-electron chi connectivity index (χ1n) is 6.80. The van der Waals surface area contributed by atoms with Crippen molar-refractivity contribution in [2.75, 3.05) is 13.1 Å². The van der Waals surface area contributed by atoms with Crippen LogP contribution in [0.15, 0.2) is 27.6 Å². The molecule has 1 N–H and O–H groups in total. The molecule has 5 heteroatoms. The summed E-state index contributed by atoms with van der Waals surface area (Å²) in [5, 5.41) is 8.32. The molecule has 20 heavy (non-hydrogen) atoms. The van der Waals surface area contributed by atoms with E-state index < -0.39 is 0 Å². The Bertz CT molecular complexity index is 612. The molecule has 3 nitrogen and oxygen atoms in total. The molecule has 1 aliphatic heterocycles. The lowest BCUT2D eigenvalue weighted by Crippen LogP contribution is -2.16. The van der Waals surface area contributed by atoms with Crippen LogP contribution < -0.4 is 5.32 Å². The minimum Gasteiger partial charge on any atom is -0.361 e. The van der Waals surface area contributed by atoms with E-state index in [9.17, 15) is 0 Å². The number of fused-ring (bicyclic) bond motifs is 1. The number of thioether (sulfide) groups is 1. The van der Waals surface area contributed by atoms with E-state index in [1.807, 2.05) is 19.1 Å². The number of aromatic nitrogens is 1. The van der Waals surface area contributed by atoms with Crippen molar-refractivity contribution in [2.24, 2.45) is 0 Å². The normalized spacial score (nSPS) is 14.9. The Labute approximate surface area is 128 Å². The van der Waals surface area contributed by atoms with Crippen molar-refractivity contribution in [3.05, 3.63) is 45.8 Å². The van der Waals surface area contributed by atoms with Gasteiger partial charge in [-0.05, 0) is 50.0 Å². The highest BCUT2D eigenvalue weighted by Gasteiger charge is 2.15. The first-order valence-corrected chi connectivity index (χ1v) is 8.16. The van der Waals surface area contributed by atoms with Crippen molar-refractivity contribution >= 4 is 23.4 Å². The van der Waals surface area contributed by atoms with E-state index >= 15 is 0 Å². The maximum absolute atomic E-state index is 6.40. The number of hydrogen-bond acceptors (Lipinski definition) is 4. The van der Waals surface area contributed by atoms with Crippen LogP contribution in [-0.2, 0) is 18.6 Å². The van der Waals surface area contributed by atoms with Crippen LogP contribution in [0.25, 0.3) is 0 Å². The number of benzene rings is 1. The van der Waals surface area contributed by atoms with Gasteiger partial charge in [0.1, 0.15) is 5.76 Å². The number of nitrogens with zero attached hydrogens (tertiary/aromatic N) is 1. The Morgan fingerprint density at radius 1 is 1.35 bits per heavy atom. The number of hydrogen-bond donors (Lipinski definition) is 1. The van der Waals surface area contributed by atoms with Gasteiger partial charge < -0.3 is 9.84 Å². The van der Waals surface area contributed by atoms with Gasteiger partial charge >= 0.3 is 0 Å². The maximum atomic E-state index is 6.40. The van der Waals surface area contributed by atoms with Crippen molar-refractivity contribution < 1.29 is 4.52 Å². The smallest absolute Gasteiger partial charge is 0.133 e. The highest BCUT2D eigenvalue weighted by atomic mass is 35.5. The number of aryl methyl sites for hydroxylation is 1. The summed E-state index contributed by atoms with van der Waals surface area (Å²) in [5.74, 6) is 1.64. The molecule has 0 aliphatic carbocycles. The van der Waals surface area contributed by atoms with E-state index in [0.29, 0.717) is 0 Å². The Hall–Kier alpha value is -0.970. The molecule has 0 spiro atoms. The van der Waals surface area contributed by atoms with Gasteiger partial charge in [-0.2, -0.15) is 0 Å². The van der Waals surface area contributed by atoms with Crippen LogP contribution in [-0.4, -0.2) is 18.2 Å². The van der Waals surface area contributed by atoms with Gasteiger partial charge in [0.05, 0.1) is 10.7 Å². The fourth-order valence-corrected chi connectivity index (χ4v) is 3.88. The molecule has 0 saturated heterocycles. The second-order valence-corrected chi connectivity index (χ2v) is 6.37. The lowest BCUT2D eigenvalue weighted by atomic mass is 10.0. The van der Waals surface area contributed by atoms with Crippen LogP contribution in [0.1, 0.15) is 22.6 Å². The van der Waals surface area contributed by atoms with Gasteiger partial charge in [0.15, 0.2) is 0 Å². The van der Waals surface area contributed by atoms with Crippen LogP contribution in [0.5, 0.6) is 0 Å². The molecular weight excluding hydrogens is 292 g/mol. The van der Waals surface area contributed by atoms with Crippen LogP contribution in [0.3, 0.4) is 0 Å². The Morgan fingerprint density at radius 2 is 2.20 bits per heavy atom. The van der Waals surface area contributed by atoms with Crippen molar-refractivity contribution in [3.8, 4) is 0 Å². The minimum absolute atomic E-state index is 0.793. The lowest BCUT2D eigenvalue weighted by molar-refractivity contribution is 0.393. The van der Waals surface area contributed by atoms with Crippen LogP contribution in [0.4, 0.5) is 0 Å². The van der Waals surface area contributed by atoms with E-state index in [4.69, 9.17) is 16.1 Å². The molecule has 106 valence electrons. The zero-order valence-electron chi connectivity index (χ0n) is 11.4. The molecule has 0 atom stereocenters. The standard InChI is InChI=1S/C15H17ClN2OS/c1-10-8-12(18-19-10)9-20-15-13-5-7-17-6-4-11(13)2-3-14(15)16/h2-3,8,17H,4-7,9H2,1H3. The SMILES string of the molecule is Cc1cc(CSc2c(Cl)ccc3c2CCNCC3)no1. The predicted molar refractivity (Wildman–Crippen MR) is 82.5 cm³/mol. The molecule has 0 fully saturated rings. The van der Waals surface area contributed by atoms with Crippen LogP contribution in [0, 0.1) is 6.92 Å². The van der Waals surface area contributed by atoms with E-state index in [-0.39, 0.29) is 0 Å². The highest BCUT2D eigenvalue weighted by Crippen LogP contribution is 2.35. The van der Waals surface area contributed by atoms with Crippen molar-refractivity contribution in [3.63, 3.8) is 0 Å². The third-order valence-electron chi connectivity index (χ3n) is 3.47. The van der Waals surface area contributed by atoms with Gasteiger partial charge in [-0.15, -0.1) is 11.8 Å². The van der Waals surface area contributed by atoms with E-state index in [1.54, 1.807) is 11.8 Å². The molecular formula is C15H17ClN2OS. The fraction of sp³-hybridized carbons (Fsp3) is 0.400. The summed E-state index contributed by atoms with van der Waals surface area (Å²) in [6.45, 7) is 3.97. The molecule has 0 amide bonds. The number of halogens is 1. The fourth-order valence-electron chi connectivity index (χ4n) is 2.50. The van der Waals surface area contributed by atoms with E-state index in [1.165, 1.54) is 16.0 Å². The third kappa shape index (κ3) is 3.03. The predicted octanol–water partition coefficient (Wildman–Crippen LogP) is 3.62. The molecule has 1 aliphatic rings. The van der Waals surface area contributed by atoms with Gasteiger partial charge in [0, 0.05) is 16.7 Å². The average Bonchev–Trinajstić information content (AvgIpc) is 2.71. The maximum Gasteiger partial charge on any atom is 0.133 e. The summed E-state index contributed by atoms with van der Waals surface area (Å²) in [6, 6.07) is 6.15. The molecule has 0 bridgehead atoms. The summed E-state index contributed by atoms with van der Waals surface area (Å²) < 4.78 is 5.11. The lowest BCUT2D eigenvalue weighted by Gasteiger charge is -2.13. The summed E-state index contributed by atoms with van der Waals surface area (Å²) in [6.07, 6.45) is 2.11. The molecule has 2 heterocycles. The second kappa shape index (κ2) is 6.20. The minimum atomic E-state index is 0.793. The zero-order chi connectivity index (χ0) is 13.9. The first kappa shape index (κ1) is 14.0. The Morgan fingerprint density at radius 3 is 3.00 bits per heavy atom. The second-order valence-electron chi connectivity index (χ2n) is 4.98. The molecule has 0 unspecified atom stereocenters. The molecule has 0 radical (unpaired) electrons. The van der Waals surface area contributed by atoms with Gasteiger partial charge in [-0.1, -0.05) is 22.8 Å². The summed E-state index contributed by atoms with van der Waals surface area (Å²) in [5.41, 5.74) is 3.78. The van der Waals surface area contributed by atoms with Crippen molar-refractivity contribution in [1.82, 2.24) is 10.5 Å². The van der Waals surface area contributed by atoms with E-state index in [0.717, 1.165) is 48.2 Å². The van der Waals surface area contributed by atoms with Crippen molar-refractivity contribution in [1.29, 1.82) is 0 Å². The molecule has 1 aromatic heterocycles. The molecule has 0 saturated carbocycles. The van der Waals surface area contributed by atoms with Gasteiger partial charge in [0.25, 0.3) is 0 Å². The molecule has 3 rings (SSSR count). The van der Waals surface area contributed by atoms with E-state index in [2.05, 4.69) is 16.5 Å². The average molecular weight is 309 g/mol. The molecule has 2 aromatic rings. The summed E-state index contributed by atoms with van der Waals surface area (Å²) in [7, 11) is 0. The first-order chi connectivity index (χ1) is 9.74. The quantitative estimate of drug-likeness (QED) is 0.879. The summed E-state index contributed by atoms with van der Waals surface area (Å²) in [4.78, 5) is 1.20. The number of nitrogens with one attached hydrogen (secondary N) is 1. The van der Waals surface area contributed by atoms with Crippen LogP contribution >= 0.6 is 23.4 Å². The van der Waals surface area contributed by atoms with Gasteiger partial charge in [0.2, 0.25) is 0 Å². The zero-order valence-corrected chi connectivity index (χ0v) is 13.0. The summed E-state index contributed by atoms with van der Waals surface area (Å²) >= 11 is 8.16. The molecule has 1 aromatic carbocycles. The van der Waals surface area contributed by atoms with Crippen LogP contribution in [0.2, 0.25) is 5.02 Å².